The molecule has 9 heteroatoms. The molecule has 0 aromatic heterocycles. The van der Waals surface area contributed by atoms with Crippen molar-refractivity contribution in [2.75, 3.05) is 13.1 Å². The minimum atomic E-state index is -1.16. The van der Waals surface area contributed by atoms with Gasteiger partial charge in [-0.2, -0.15) is 0 Å². The Hall–Kier alpha value is -2.65. The minimum Gasteiger partial charge on any atom is -0.459 e. The normalized spacial score (nSPS) is 22.9. The van der Waals surface area contributed by atoms with Crippen LogP contribution in [0.25, 0.3) is 0 Å². The minimum absolute atomic E-state index is 0.0182. The second-order valence-electron chi connectivity index (χ2n) is 11.3. The fourth-order valence-electron chi connectivity index (χ4n) is 5.15. The lowest BCUT2D eigenvalue weighted by molar-refractivity contribution is -0.164. The number of hydrogen-bond acceptors (Lipinski definition) is 7. The average molecular weight is 518 g/mol. The third-order valence-corrected chi connectivity index (χ3v) is 7.13. The second-order valence-corrected chi connectivity index (χ2v) is 11.3. The van der Waals surface area contributed by atoms with E-state index in [1.54, 1.807) is 20.8 Å². The van der Waals surface area contributed by atoms with Crippen LogP contribution in [0.3, 0.4) is 0 Å². The Morgan fingerprint density at radius 2 is 1.76 bits per heavy atom. The van der Waals surface area contributed by atoms with Crippen LogP contribution in [0, 0.1) is 11.8 Å². The monoisotopic (exact) mass is 517 g/mol. The lowest BCUT2D eigenvalue weighted by Gasteiger charge is -2.34. The van der Waals surface area contributed by atoms with E-state index in [0.717, 1.165) is 37.7 Å². The molecule has 1 aliphatic heterocycles. The Kier molecular flexibility index (Phi) is 10.3. The summed E-state index contributed by atoms with van der Waals surface area (Å²) < 4.78 is 11.0. The van der Waals surface area contributed by atoms with Gasteiger partial charge in [0.25, 0.3) is 0 Å². The summed E-state index contributed by atoms with van der Waals surface area (Å²) >= 11 is 0. The lowest BCUT2D eigenvalue weighted by atomic mass is 9.78. The van der Waals surface area contributed by atoms with Gasteiger partial charge in [-0.1, -0.05) is 49.6 Å². The molecule has 2 aliphatic rings. The van der Waals surface area contributed by atoms with Crippen LogP contribution < -0.4 is 11.1 Å². The maximum Gasteiger partial charge on any atom is 0.410 e. The van der Waals surface area contributed by atoms with Crippen molar-refractivity contribution in [1.82, 2.24) is 10.2 Å². The summed E-state index contributed by atoms with van der Waals surface area (Å²) in [4.78, 5) is 40.6. The number of ether oxygens (including phenoxy) is 2. The van der Waals surface area contributed by atoms with E-state index in [1.807, 2.05) is 30.3 Å². The quantitative estimate of drug-likeness (QED) is 0.374. The van der Waals surface area contributed by atoms with Gasteiger partial charge in [-0.3, -0.25) is 9.59 Å². The summed E-state index contributed by atoms with van der Waals surface area (Å²) in [5.41, 5.74) is 6.65. The molecule has 206 valence electrons. The number of nitrogens with zero attached hydrogens (tertiary/aromatic N) is 1. The van der Waals surface area contributed by atoms with Gasteiger partial charge in [0, 0.05) is 12.6 Å². The molecule has 4 N–H and O–H groups in total. The van der Waals surface area contributed by atoms with E-state index < -0.39 is 47.7 Å². The van der Waals surface area contributed by atoms with Crippen molar-refractivity contribution in [3.63, 3.8) is 0 Å². The Morgan fingerprint density at radius 1 is 1.08 bits per heavy atom. The van der Waals surface area contributed by atoms with E-state index in [2.05, 4.69) is 5.32 Å². The van der Waals surface area contributed by atoms with Crippen molar-refractivity contribution in [1.29, 1.82) is 0 Å². The van der Waals surface area contributed by atoms with Crippen molar-refractivity contribution < 1.29 is 29.0 Å². The van der Waals surface area contributed by atoms with E-state index in [1.165, 1.54) is 4.90 Å². The molecule has 4 atom stereocenters. The highest BCUT2D eigenvalue weighted by molar-refractivity contribution is 5.99. The largest absolute Gasteiger partial charge is 0.459 e. The van der Waals surface area contributed by atoms with Crippen LogP contribution in [-0.2, 0) is 25.7 Å². The number of aliphatic hydroxyl groups excluding tert-OH is 1. The molecule has 1 saturated carbocycles. The molecule has 4 unspecified atom stereocenters. The summed E-state index contributed by atoms with van der Waals surface area (Å²) in [6, 6.07) is 8.09. The first kappa shape index (κ1) is 28.9. The van der Waals surface area contributed by atoms with Crippen LogP contribution in [0.4, 0.5) is 4.79 Å². The van der Waals surface area contributed by atoms with E-state index in [-0.39, 0.29) is 19.1 Å². The fraction of sp³-hybridized carbons (Fsp3) is 0.679. The van der Waals surface area contributed by atoms with Crippen LogP contribution >= 0.6 is 0 Å². The van der Waals surface area contributed by atoms with Crippen molar-refractivity contribution in [3.8, 4) is 0 Å². The van der Waals surface area contributed by atoms with Crippen LogP contribution in [0.5, 0.6) is 0 Å². The first-order valence-corrected chi connectivity index (χ1v) is 13.5. The molecular weight excluding hydrogens is 474 g/mol. The van der Waals surface area contributed by atoms with E-state index in [4.69, 9.17) is 15.2 Å². The van der Waals surface area contributed by atoms with Gasteiger partial charge < -0.3 is 30.5 Å². The molecule has 3 rings (SSSR count). The molecule has 9 nitrogen and oxygen atoms in total. The molecule has 0 spiro atoms. The molecule has 2 amide bonds. The number of aliphatic hydroxyl groups is 1. The lowest BCUT2D eigenvalue weighted by Crippen LogP contribution is -2.55. The molecule has 1 saturated heterocycles. The maximum absolute atomic E-state index is 13.4. The average Bonchev–Trinajstić information content (AvgIpc) is 3.04. The summed E-state index contributed by atoms with van der Waals surface area (Å²) in [5.74, 6) is -2.27. The predicted octanol–water partition coefficient (Wildman–Crippen LogP) is 3.13. The summed E-state index contributed by atoms with van der Waals surface area (Å²) in [7, 11) is 0. The highest BCUT2D eigenvalue weighted by Gasteiger charge is 2.41. The van der Waals surface area contributed by atoms with E-state index in [9.17, 15) is 19.5 Å². The molecule has 1 aromatic carbocycles. The number of carbonyl (C=O) groups is 3. The zero-order valence-corrected chi connectivity index (χ0v) is 22.4. The second kappa shape index (κ2) is 13.2. The number of nitrogens with two attached hydrogens (primary N) is 1. The fourth-order valence-corrected chi connectivity index (χ4v) is 5.15. The van der Waals surface area contributed by atoms with Gasteiger partial charge in [0.15, 0.2) is 5.92 Å². The predicted molar refractivity (Wildman–Crippen MR) is 139 cm³/mol. The molecule has 1 aromatic rings. The third kappa shape index (κ3) is 8.71. The molecule has 1 aliphatic carbocycles. The zero-order chi connectivity index (χ0) is 27.0. The third-order valence-electron chi connectivity index (χ3n) is 7.13. The molecule has 0 bridgehead atoms. The van der Waals surface area contributed by atoms with Crippen LogP contribution in [0.15, 0.2) is 30.3 Å². The number of nitrogens with one attached hydrogen (secondary N) is 1. The topological polar surface area (TPSA) is 131 Å². The number of likely N-dealkylation sites (tertiary alicyclic amines) is 1. The first-order valence-electron chi connectivity index (χ1n) is 13.5. The van der Waals surface area contributed by atoms with Crippen LogP contribution in [0.2, 0.25) is 0 Å². The number of rotatable bonds is 7. The van der Waals surface area contributed by atoms with E-state index >= 15 is 0 Å². The van der Waals surface area contributed by atoms with Crippen molar-refractivity contribution >= 4 is 18.0 Å². The summed E-state index contributed by atoms with van der Waals surface area (Å²) in [6.07, 6.45) is 4.42. The van der Waals surface area contributed by atoms with Crippen molar-refractivity contribution in [2.24, 2.45) is 17.6 Å². The van der Waals surface area contributed by atoms with Gasteiger partial charge in [-0.05, 0) is 57.9 Å². The summed E-state index contributed by atoms with van der Waals surface area (Å²) in [6.45, 7) is 5.83. The van der Waals surface area contributed by atoms with Crippen molar-refractivity contribution in [2.45, 2.75) is 96.1 Å². The maximum atomic E-state index is 13.4. The van der Waals surface area contributed by atoms with Crippen molar-refractivity contribution in [3.05, 3.63) is 35.9 Å². The number of amides is 2. The van der Waals surface area contributed by atoms with Crippen LogP contribution in [-0.4, -0.2) is 64.9 Å². The number of β-amino-alcohol motifs (C(OH)–C–C–N with tert-alkyl or cyclic N) is 1. The molecule has 1 heterocycles. The van der Waals surface area contributed by atoms with Gasteiger partial charge in [0.05, 0.1) is 18.7 Å². The first-order chi connectivity index (χ1) is 17.5. The molecule has 2 fully saturated rings. The highest BCUT2D eigenvalue weighted by atomic mass is 16.6. The van der Waals surface area contributed by atoms with Gasteiger partial charge in [0.2, 0.25) is 5.91 Å². The highest BCUT2D eigenvalue weighted by Crippen LogP contribution is 2.30. The van der Waals surface area contributed by atoms with Gasteiger partial charge in [0.1, 0.15) is 12.2 Å². The van der Waals surface area contributed by atoms with Crippen LogP contribution in [0.1, 0.15) is 71.3 Å². The number of benzene rings is 1. The number of esters is 1. The smallest absolute Gasteiger partial charge is 0.410 e. The molecule has 37 heavy (non-hydrogen) atoms. The molecular formula is C28H43N3O6. The SMILES string of the molecule is CC(C)(C)OC(=O)C(C(=O)NC1CCCN(C(=O)OCc2ccccc2)CC1O)C(N)C1CCCCC1. The van der Waals surface area contributed by atoms with E-state index in [0.29, 0.717) is 19.4 Å². The number of hydrogen-bond donors (Lipinski definition) is 3. The van der Waals surface area contributed by atoms with Gasteiger partial charge in [-0.15, -0.1) is 0 Å². The van der Waals surface area contributed by atoms with Gasteiger partial charge in [-0.25, -0.2) is 4.79 Å². The van der Waals surface area contributed by atoms with Gasteiger partial charge >= 0.3 is 12.1 Å². The Morgan fingerprint density at radius 3 is 2.41 bits per heavy atom. The zero-order valence-electron chi connectivity index (χ0n) is 22.4. The molecule has 0 radical (unpaired) electrons. The Labute approximate surface area is 220 Å². The number of carbonyl (C=O) groups excluding carboxylic acids is 3. The Balaban J connectivity index is 1.63. The standard InChI is InChI=1S/C28H43N3O6/c1-28(2,3)37-26(34)23(24(29)20-13-8-5-9-14-20)25(33)30-21-15-10-16-31(17-22(21)32)27(35)36-18-19-11-6-4-7-12-19/h4,6-7,11-12,20-24,32H,5,8-10,13-18,29H2,1-3H3,(H,30,33). The Bertz CT molecular complexity index is 897. The summed E-state index contributed by atoms with van der Waals surface area (Å²) in [5, 5.41) is 13.7.